The predicted octanol–water partition coefficient (Wildman–Crippen LogP) is 2.73. The van der Waals surface area contributed by atoms with E-state index in [-0.39, 0.29) is 11.9 Å². The van der Waals surface area contributed by atoms with E-state index in [9.17, 15) is 4.79 Å². The fourth-order valence-electron chi connectivity index (χ4n) is 3.81. The molecule has 0 radical (unpaired) electrons. The predicted molar refractivity (Wildman–Crippen MR) is 110 cm³/mol. The molecule has 3 heterocycles. The summed E-state index contributed by atoms with van der Waals surface area (Å²) in [4.78, 5) is 22.1. The van der Waals surface area contributed by atoms with Gasteiger partial charge in [-0.25, -0.2) is 14.6 Å². The second kappa shape index (κ2) is 7.87. The van der Waals surface area contributed by atoms with Crippen molar-refractivity contribution >= 4 is 5.91 Å². The first-order valence-electron chi connectivity index (χ1n) is 10.2. The number of rotatable bonds is 6. The minimum atomic E-state index is -0.112. The molecule has 1 saturated carbocycles. The second-order valence-electron chi connectivity index (χ2n) is 7.61. The molecule has 1 aliphatic carbocycles. The SMILES string of the molecule is COc1ccccc1-c1ccnc(-n2ncc(C(=O)N[C@@H]3CCOC3)c2C2CC2)n1. The number of amides is 1. The Bertz CT molecular complexity index is 1070. The van der Waals surface area contributed by atoms with Gasteiger partial charge in [0.25, 0.3) is 11.9 Å². The van der Waals surface area contributed by atoms with Crippen molar-refractivity contribution in [2.75, 3.05) is 20.3 Å². The Hall–Kier alpha value is -3.26. The number of nitrogens with one attached hydrogen (secondary N) is 1. The lowest BCUT2D eigenvalue weighted by Gasteiger charge is -2.12. The number of carbonyl (C=O) groups is 1. The molecule has 8 heteroatoms. The molecule has 30 heavy (non-hydrogen) atoms. The second-order valence-corrected chi connectivity index (χ2v) is 7.61. The molecule has 0 spiro atoms. The Morgan fingerprint density at radius 1 is 1.23 bits per heavy atom. The van der Waals surface area contributed by atoms with Gasteiger partial charge in [-0.05, 0) is 37.5 Å². The van der Waals surface area contributed by atoms with Gasteiger partial charge in [-0.2, -0.15) is 5.10 Å². The van der Waals surface area contributed by atoms with Crippen molar-refractivity contribution in [2.24, 2.45) is 0 Å². The van der Waals surface area contributed by atoms with Crippen molar-refractivity contribution in [3.8, 4) is 23.0 Å². The summed E-state index contributed by atoms with van der Waals surface area (Å²) in [5.74, 6) is 1.37. The molecule has 1 N–H and O–H groups in total. The minimum Gasteiger partial charge on any atom is -0.496 e. The number of carbonyl (C=O) groups excluding carboxylic acids is 1. The Balaban J connectivity index is 1.50. The summed E-state index contributed by atoms with van der Waals surface area (Å²) in [7, 11) is 1.64. The van der Waals surface area contributed by atoms with Crippen molar-refractivity contribution in [3.63, 3.8) is 0 Å². The van der Waals surface area contributed by atoms with E-state index in [1.54, 1.807) is 24.2 Å². The zero-order valence-corrected chi connectivity index (χ0v) is 16.7. The van der Waals surface area contributed by atoms with Crippen LogP contribution in [0, 0.1) is 0 Å². The van der Waals surface area contributed by atoms with Crippen LogP contribution in [0.25, 0.3) is 17.2 Å². The standard InChI is InChI=1S/C22H23N5O3/c1-29-19-5-3-2-4-16(19)18-8-10-23-22(26-18)27-20(14-6-7-14)17(12-24-27)21(28)25-15-9-11-30-13-15/h2-5,8,10,12,14-15H,6-7,9,11,13H2,1H3,(H,25,28)/t15-/m1/s1. The molecule has 0 bridgehead atoms. The molecule has 1 atom stereocenters. The molecule has 154 valence electrons. The minimum absolute atomic E-state index is 0.0537. The van der Waals surface area contributed by atoms with Gasteiger partial charge in [0, 0.05) is 24.3 Å². The highest BCUT2D eigenvalue weighted by Gasteiger charge is 2.34. The van der Waals surface area contributed by atoms with Gasteiger partial charge in [0.2, 0.25) is 0 Å². The highest BCUT2D eigenvalue weighted by atomic mass is 16.5. The largest absolute Gasteiger partial charge is 0.496 e. The van der Waals surface area contributed by atoms with Gasteiger partial charge < -0.3 is 14.8 Å². The highest BCUT2D eigenvalue weighted by Crippen LogP contribution is 2.42. The van der Waals surface area contributed by atoms with Gasteiger partial charge in [0.1, 0.15) is 5.75 Å². The molecule has 2 aliphatic rings. The van der Waals surface area contributed by atoms with E-state index in [0.29, 0.717) is 30.6 Å². The Labute approximate surface area is 174 Å². The molecule has 8 nitrogen and oxygen atoms in total. The molecule has 1 saturated heterocycles. The van der Waals surface area contributed by atoms with E-state index in [4.69, 9.17) is 14.5 Å². The topological polar surface area (TPSA) is 91.2 Å². The van der Waals surface area contributed by atoms with Gasteiger partial charge in [-0.3, -0.25) is 4.79 Å². The zero-order valence-electron chi connectivity index (χ0n) is 16.7. The summed E-state index contributed by atoms with van der Waals surface area (Å²) in [5, 5.41) is 7.55. The average Bonchev–Trinajstić information content (AvgIpc) is 3.31. The Morgan fingerprint density at radius 2 is 2.10 bits per heavy atom. The summed E-state index contributed by atoms with van der Waals surface area (Å²) >= 11 is 0. The third kappa shape index (κ3) is 3.54. The lowest BCUT2D eigenvalue weighted by atomic mass is 10.1. The van der Waals surface area contributed by atoms with E-state index in [1.807, 2.05) is 30.3 Å². The van der Waals surface area contributed by atoms with Gasteiger partial charge in [-0.15, -0.1) is 0 Å². The summed E-state index contributed by atoms with van der Waals surface area (Å²) in [6, 6.07) is 9.61. The smallest absolute Gasteiger partial charge is 0.255 e. The van der Waals surface area contributed by atoms with Crippen LogP contribution in [0.4, 0.5) is 0 Å². The van der Waals surface area contributed by atoms with Crippen LogP contribution in [0.1, 0.15) is 41.2 Å². The molecular formula is C22H23N5O3. The number of hydrogen-bond donors (Lipinski definition) is 1. The highest BCUT2D eigenvalue weighted by molar-refractivity contribution is 5.95. The number of nitrogens with zero attached hydrogens (tertiary/aromatic N) is 4. The van der Waals surface area contributed by atoms with Crippen LogP contribution in [0.5, 0.6) is 5.75 Å². The van der Waals surface area contributed by atoms with Crippen molar-refractivity contribution in [1.82, 2.24) is 25.1 Å². The normalized spacial score (nSPS) is 18.4. The monoisotopic (exact) mass is 405 g/mol. The molecule has 5 rings (SSSR count). The van der Waals surface area contributed by atoms with E-state index in [1.165, 1.54) is 0 Å². The first-order valence-corrected chi connectivity index (χ1v) is 10.2. The van der Waals surface area contributed by atoms with E-state index in [0.717, 1.165) is 42.0 Å². The molecule has 3 aromatic rings. The molecule has 2 fully saturated rings. The third-order valence-corrected chi connectivity index (χ3v) is 5.50. The quantitative estimate of drug-likeness (QED) is 0.678. The van der Waals surface area contributed by atoms with E-state index in [2.05, 4.69) is 15.4 Å². The summed E-state index contributed by atoms with van der Waals surface area (Å²) in [5.41, 5.74) is 3.09. The first kappa shape index (κ1) is 18.7. The first-order chi connectivity index (χ1) is 14.7. The number of ether oxygens (including phenoxy) is 2. The van der Waals surface area contributed by atoms with Crippen LogP contribution in [0.3, 0.4) is 0 Å². The van der Waals surface area contributed by atoms with Crippen LogP contribution in [0.15, 0.2) is 42.7 Å². The lowest BCUT2D eigenvalue weighted by Crippen LogP contribution is -2.35. The van der Waals surface area contributed by atoms with Gasteiger partial charge >= 0.3 is 0 Å². The fraction of sp³-hybridized carbons (Fsp3) is 0.364. The number of para-hydroxylation sites is 1. The molecular weight excluding hydrogens is 382 g/mol. The van der Waals surface area contributed by atoms with Crippen LogP contribution < -0.4 is 10.1 Å². The van der Waals surface area contributed by atoms with Crippen LogP contribution in [0.2, 0.25) is 0 Å². The third-order valence-electron chi connectivity index (χ3n) is 5.50. The lowest BCUT2D eigenvalue weighted by molar-refractivity contribution is 0.0929. The molecule has 2 aromatic heterocycles. The summed E-state index contributed by atoms with van der Waals surface area (Å²) < 4.78 is 12.5. The summed E-state index contributed by atoms with van der Waals surface area (Å²) in [6.07, 6.45) is 6.23. The van der Waals surface area contributed by atoms with Gasteiger partial charge in [0.15, 0.2) is 0 Å². The van der Waals surface area contributed by atoms with Crippen LogP contribution in [-0.2, 0) is 4.74 Å². The van der Waals surface area contributed by atoms with Gasteiger partial charge in [0.05, 0.1) is 42.9 Å². The van der Waals surface area contributed by atoms with Gasteiger partial charge in [-0.1, -0.05) is 12.1 Å². The molecule has 1 aliphatic heterocycles. The van der Waals surface area contributed by atoms with Crippen molar-refractivity contribution in [3.05, 3.63) is 54.0 Å². The molecule has 0 unspecified atom stereocenters. The van der Waals surface area contributed by atoms with Crippen LogP contribution in [-0.4, -0.2) is 52.0 Å². The van der Waals surface area contributed by atoms with Crippen molar-refractivity contribution < 1.29 is 14.3 Å². The van der Waals surface area contributed by atoms with Crippen molar-refractivity contribution in [1.29, 1.82) is 0 Å². The maximum Gasteiger partial charge on any atom is 0.255 e. The maximum absolute atomic E-state index is 12.9. The number of methoxy groups -OCH3 is 1. The number of aromatic nitrogens is 4. The fourth-order valence-corrected chi connectivity index (χ4v) is 3.81. The van der Waals surface area contributed by atoms with E-state index >= 15 is 0 Å². The average molecular weight is 405 g/mol. The Kier molecular flexibility index (Phi) is 4.92. The van der Waals surface area contributed by atoms with Crippen LogP contribution >= 0.6 is 0 Å². The number of hydrogen-bond acceptors (Lipinski definition) is 6. The molecule has 1 amide bonds. The van der Waals surface area contributed by atoms with E-state index < -0.39 is 0 Å². The Morgan fingerprint density at radius 3 is 2.87 bits per heavy atom. The summed E-state index contributed by atoms with van der Waals surface area (Å²) in [6.45, 7) is 1.24. The van der Waals surface area contributed by atoms with Crippen molar-refractivity contribution in [2.45, 2.75) is 31.2 Å². The maximum atomic E-state index is 12.9. The zero-order chi connectivity index (χ0) is 20.5. The molecule has 1 aromatic carbocycles. The number of benzene rings is 1.